The summed E-state index contributed by atoms with van der Waals surface area (Å²) in [5, 5.41) is 17.2. The first-order valence-corrected chi connectivity index (χ1v) is 11.6. The Morgan fingerprint density at radius 3 is 1.77 bits per heavy atom. The van der Waals surface area contributed by atoms with E-state index in [4.69, 9.17) is 24.2 Å². The van der Waals surface area contributed by atoms with Gasteiger partial charge in [0.15, 0.2) is 5.96 Å². The summed E-state index contributed by atoms with van der Waals surface area (Å²) in [6.07, 6.45) is 17.1. The third-order valence-corrected chi connectivity index (χ3v) is 5.13. The van der Waals surface area contributed by atoms with Crippen molar-refractivity contribution in [1.29, 1.82) is 5.41 Å². The first-order valence-electron chi connectivity index (χ1n) is 13.1. The second kappa shape index (κ2) is 21.1. The van der Waals surface area contributed by atoms with Gasteiger partial charge in [0.1, 0.15) is 6.54 Å². The molecule has 8 nitrogen and oxygen atoms in total. The maximum Gasteiger partial charge on any atom is 0.325 e. The number of likely N-dealkylation sites (N-methyl/N-ethyl adjacent to an activating group) is 1. The Morgan fingerprint density at radius 2 is 1.32 bits per heavy atom. The second-order valence-corrected chi connectivity index (χ2v) is 7.86. The topological polar surface area (TPSA) is 120 Å². The number of amides is 1. The van der Waals surface area contributed by atoms with E-state index in [0.29, 0.717) is 11.3 Å². The van der Waals surface area contributed by atoms with Gasteiger partial charge in [-0.25, -0.2) is 0 Å². The molecule has 0 atom stereocenters. The minimum Gasteiger partial charge on any atom is -0.483 e. The van der Waals surface area contributed by atoms with Crippen LogP contribution in [0.3, 0.4) is 0 Å². The van der Waals surface area contributed by atoms with Crippen LogP contribution in [0, 0.1) is 5.41 Å². The van der Waals surface area contributed by atoms with E-state index in [9.17, 15) is 9.59 Å². The molecule has 0 aromatic heterocycles. The maximum absolute atomic E-state index is 12.1. The molecule has 0 aromatic rings. The fourth-order valence-corrected chi connectivity index (χ4v) is 3.39. The highest BCUT2D eigenvalue weighted by Gasteiger charge is 2.13. The quantitative estimate of drug-likeness (QED) is 0.374. The fraction of sp³-hybridized carbons (Fsp3) is 0.826. The lowest BCUT2D eigenvalue weighted by Gasteiger charge is -2.19. The minimum atomic E-state index is -2.71. The molecule has 1 aliphatic heterocycles. The average Bonchev–Trinajstić information content (AvgIpc) is 2.75. The van der Waals surface area contributed by atoms with Crippen molar-refractivity contribution < 1.29 is 28.3 Å². The van der Waals surface area contributed by atoms with Gasteiger partial charge < -0.3 is 14.7 Å². The van der Waals surface area contributed by atoms with E-state index in [2.05, 4.69) is 5.32 Å². The highest BCUT2D eigenvalue weighted by atomic mass is 16.5. The molecule has 0 aromatic carbocycles. The highest BCUT2D eigenvalue weighted by Crippen LogP contribution is 2.13. The molecular formula is C23H43N3O5. The molecule has 0 bridgehead atoms. The molecule has 180 valence electrons. The summed E-state index contributed by atoms with van der Waals surface area (Å²) in [5.74, 6) is -1.69. The van der Waals surface area contributed by atoms with E-state index in [1.807, 2.05) is 0 Å². The van der Waals surface area contributed by atoms with Crippen molar-refractivity contribution in [1.82, 2.24) is 10.2 Å². The summed E-state index contributed by atoms with van der Waals surface area (Å²) in [6.45, 7) is -3.31. The SMILES string of the molecule is O=CO.[2H]C([2H])([2H])N1CC(=O)OCCCCCCCCCCCCCCCCCC(=O)NC1=N. The number of cyclic esters (lactones) is 1. The molecule has 0 spiro atoms. The Bertz CT molecular complexity index is 589. The van der Waals surface area contributed by atoms with Gasteiger partial charge in [-0.15, -0.1) is 0 Å². The molecule has 0 aliphatic carbocycles. The zero-order valence-corrected chi connectivity index (χ0v) is 18.8. The minimum absolute atomic E-state index is 0.238. The molecule has 1 fully saturated rings. The van der Waals surface area contributed by atoms with Crippen LogP contribution in [0.5, 0.6) is 0 Å². The normalized spacial score (nSPS) is 22.1. The lowest BCUT2D eigenvalue weighted by molar-refractivity contribution is -0.144. The third kappa shape index (κ3) is 19.6. The molecule has 1 rings (SSSR count). The van der Waals surface area contributed by atoms with E-state index in [1.165, 1.54) is 57.8 Å². The van der Waals surface area contributed by atoms with Gasteiger partial charge in [-0.3, -0.25) is 25.1 Å². The summed E-state index contributed by atoms with van der Waals surface area (Å²) in [6, 6.07) is 0. The summed E-state index contributed by atoms with van der Waals surface area (Å²) in [4.78, 5) is 33.1. The molecule has 1 aliphatic rings. The van der Waals surface area contributed by atoms with Crippen molar-refractivity contribution in [3.05, 3.63) is 0 Å². The Hall–Kier alpha value is -2.12. The van der Waals surface area contributed by atoms with Crippen LogP contribution in [0.15, 0.2) is 0 Å². The van der Waals surface area contributed by atoms with Crippen molar-refractivity contribution in [2.75, 3.05) is 20.1 Å². The van der Waals surface area contributed by atoms with Gasteiger partial charge in [-0.2, -0.15) is 0 Å². The van der Waals surface area contributed by atoms with E-state index in [-0.39, 0.29) is 19.5 Å². The number of nitrogens with one attached hydrogen (secondary N) is 2. The Morgan fingerprint density at radius 1 is 0.903 bits per heavy atom. The van der Waals surface area contributed by atoms with Gasteiger partial charge in [0, 0.05) is 17.5 Å². The number of hydrogen-bond acceptors (Lipinski definition) is 5. The number of ether oxygens (including phenoxy) is 1. The smallest absolute Gasteiger partial charge is 0.325 e. The van der Waals surface area contributed by atoms with E-state index < -0.39 is 31.4 Å². The first kappa shape index (κ1) is 23.5. The average molecular weight is 445 g/mol. The van der Waals surface area contributed by atoms with Crippen LogP contribution in [0.1, 0.15) is 107 Å². The number of esters is 1. The van der Waals surface area contributed by atoms with Crippen LogP contribution in [0.2, 0.25) is 0 Å². The number of rotatable bonds is 0. The predicted octanol–water partition coefficient (Wildman–Crippen LogP) is 4.47. The number of carboxylic acid groups (broad SMARTS) is 1. The summed E-state index contributed by atoms with van der Waals surface area (Å²) in [5.41, 5.74) is 0. The van der Waals surface area contributed by atoms with Crippen molar-refractivity contribution in [2.24, 2.45) is 0 Å². The summed E-state index contributed by atoms with van der Waals surface area (Å²) >= 11 is 0. The monoisotopic (exact) mass is 444 g/mol. The van der Waals surface area contributed by atoms with Crippen LogP contribution in [-0.4, -0.2) is 54.4 Å². The first-order chi connectivity index (χ1) is 16.2. The number of carbonyl (C=O) groups excluding carboxylic acids is 2. The Balaban J connectivity index is 0.00000343. The molecule has 1 amide bonds. The van der Waals surface area contributed by atoms with E-state index in [1.54, 1.807) is 0 Å². The van der Waals surface area contributed by atoms with Gasteiger partial charge in [-0.1, -0.05) is 83.5 Å². The molecule has 0 unspecified atom stereocenters. The second-order valence-electron chi connectivity index (χ2n) is 7.86. The zero-order valence-electron chi connectivity index (χ0n) is 21.8. The van der Waals surface area contributed by atoms with Crippen LogP contribution in [0.25, 0.3) is 0 Å². The van der Waals surface area contributed by atoms with E-state index >= 15 is 0 Å². The lowest BCUT2D eigenvalue weighted by Crippen LogP contribution is -2.43. The van der Waals surface area contributed by atoms with Crippen molar-refractivity contribution in [3.63, 3.8) is 0 Å². The Kier molecular flexibility index (Phi) is 16.0. The summed E-state index contributed by atoms with van der Waals surface area (Å²) < 4.78 is 27.9. The number of guanidine groups is 1. The van der Waals surface area contributed by atoms with Gasteiger partial charge in [0.05, 0.1) is 6.61 Å². The van der Waals surface area contributed by atoms with Gasteiger partial charge in [0.2, 0.25) is 5.91 Å². The van der Waals surface area contributed by atoms with Crippen molar-refractivity contribution >= 4 is 24.3 Å². The number of carbonyl (C=O) groups is 3. The van der Waals surface area contributed by atoms with Gasteiger partial charge in [-0.05, 0) is 12.8 Å². The molecule has 0 saturated carbocycles. The summed E-state index contributed by atoms with van der Waals surface area (Å²) in [7, 11) is 0. The number of nitrogens with zero attached hydrogens (tertiary/aromatic N) is 1. The van der Waals surface area contributed by atoms with Crippen molar-refractivity contribution in [2.45, 2.75) is 103 Å². The van der Waals surface area contributed by atoms with Crippen LogP contribution in [0.4, 0.5) is 0 Å². The molecule has 1 saturated heterocycles. The maximum atomic E-state index is 12.1. The van der Waals surface area contributed by atoms with Crippen LogP contribution < -0.4 is 5.32 Å². The fourth-order valence-electron chi connectivity index (χ4n) is 3.39. The third-order valence-electron chi connectivity index (χ3n) is 5.13. The number of hydrogen-bond donors (Lipinski definition) is 3. The lowest BCUT2D eigenvalue weighted by atomic mass is 10.0. The van der Waals surface area contributed by atoms with Gasteiger partial charge in [0.25, 0.3) is 6.47 Å². The largest absolute Gasteiger partial charge is 0.483 e. The molecule has 8 heteroatoms. The van der Waals surface area contributed by atoms with Crippen LogP contribution in [-0.2, 0) is 19.1 Å². The zero-order chi connectivity index (χ0) is 25.7. The molecule has 1 heterocycles. The molecular weight excluding hydrogens is 398 g/mol. The van der Waals surface area contributed by atoms with Crippen molar-refractivity contribution in [3.8, 4) is 0 Å². The predicted molar refractivity (Wildman–Crippen MR) is 122 cm³/mol. The van der Waals surface area contributed by atoms with Crippen LogP contribution >= 0.6 is 0 Å². The molecule has 31 heavy (non-hydrogen) atoms. The van der Waals surface area contributed by atoms with Gasteiger partial charge >= 0.3 is 5.97 Å². The molecule has 0 radical (unpaired) electrons. The highest BCUT2D eigenvalue weighted by molar-refractivity contribution is 5.96. The van der Waals surface area contributed by atoms with E-state index in [0.717, 1.165) is 32.1 Å². The molecule has 3 N–H and O–H groups in total. The Labute approximate surface area is 191 Å². The standard InChI is InChI=1S/C22H41N3O3.CH2O2/c1-25-19-21(27)28-18-16-14-12-10-8-6-4-2-3-5-7-9-11-13-15-17-20(26)24-22(25)23;2-1-3/h2-19H2,1H3,(H2,23,24,26);1H,(H,2,3)/i1D3;.